The van der Waals surface area contributed by atoms with E-state index in [4.69, 9.17) is 9.72 Å². The maximum Gasteiger partial charge on any atom is 0.131 e. The number of aromatic nitrogens is 2. The van der Waals surface area contributed by atoms with Crippen LogP contribution in [0.15, 0.2) is 6.07 Å². The molecule has 1 N–H and O–H groups in total. The topological polar surface area (TPSA) is 47.0 Å². The van der Waals surface area contributed by atoms with Crippen molar-refractivity contribution in [3.63, 3.8) is 0 Å². The van der Waals surface area contributed by atoms with Gasteiger partial charge in [0.2, 0.25) is 0 Å². The van der Waals surface area contributed by atoms with Crippen molar-refractivity contribution >= 4 is 5.82 Å². The molecule has 0 aromatic carbocycles. The van der Waals surface area contributed by atoms with E-state index < -0.39 is 0 Å². The van der Waals surface area contributed by atoms with Gasteiger partial charge in [0.05, 0.1) is 0 Å². The monoisotopic (exact) mass is 275 g/mol. The molecule has 3 rings (SSSR count). The molecule has 4 heteroatoms. The second-order valence-electron chi connectivity index (χ2n) is 6.04. The van der Waals surface area contributed by atoms with Gasteiger partial charge in [-0.25, -0.2) is 9.97 Å². The molecule has 2 heterocycles. The minimum Gasteiger partial charge on any atom is -0.381 e. The molecule has 2 fully saturated rings. The summed E-state index contributed by atoms with van der Waals surface area (Å²) in [6, 6.07) is 2.16. The van der Waals surface area contributed by atoms with Crippen LogP contribution < -0.4 is 5.32 Å². The number of hydrogen-bond acceptors (Lipinski definition) is 4. The largest absolute Gasteiger partial charge is 0.381 e. The van der Waals surface area contributed by atoms with E-state index in [0.717, 1.165) is 44.2 Å². The average Bonchev–Trinajstić information content (AvgIpc) is 3.11. The molecule has 20 heavy (non-hydrogen) atoms. The maximum absolute atomic E-state index is 5.47. The van der Waals surface area contributed by atoms with Gasteiger partial charge in [0.1, 0.15) is 11.6 Å². The lowest BCUT2D eigenvalue weighted by Gasteiger charge is -2.14. The Morgan fingerprint density at radius 3 is 2.80 bits per heavy atom. The van der Waals surface area contributed by atoms with Gasteiger partial charge in [-0.15, -0.1) is 0 Å². The summed E-state index contributed by atoms with van der Waals surface area (Å²) in [5.41, 5.74) is 1.25. The summed E-state index contributed by atoms with van der Waals surface area (Å²) in [6.07, 6.45) is 7.36. The van der Waals surface area contributed by atoms with E-state index in [-0.39, 0.29) is 0 Å². The van der Waals surface area contributed by atoms with Crippen LogP contribution in [0.1, 0.15) is 56.5 Å². The average molecular weight is 275 g/mol. The molecule has 0 amide bonds. The van der Waals surface area contributed by atoms with Gasteiger partial charge in [-0.3, -0.25) is 0 Å². The van der Waals surface area contributed by atoms with Crippen LogP contribution in [-0.4, -0.2) is 29.7 Å². The second kappa shape index (κ2) is 6.53. The van der Waals surface area contributed by atoms with Crippen molar-refractivity contribution in [3.05, 3.63) is 17.6 Å². The number of nitrogens with one attached hydrogen (secondary N) is 1. The zero-order valence-electron chi connectivity index (χ0n) is 12.4. The summed E-state index contributed by atoms with van der Waals surface area (Å²) < 4.78 is 5.47. The van der Waals surface area contributed by atoms with E-state index in [1.807, 2.05) is 0 Å². The van der Waals surface area contributed by atoms with Gasteiger partial charge >= 0.3 is 0 Å². The van der Waals surface area contributed by atoms with Gasteiger partial charge in [-0.1, -0.05) is 12.8 Å². The van der Waals surface area contributed by atoms with Gasteiger partial charge in [0, 0.05) is 43.9 Å². The highest BCUT2D eigenvalue weighted by molar-refractivity contribution is 5.37. The van der Waals surface area contributed by atoms with Crippen LogP contribution in [0, 0.1) is 5.92 Å². The van der Waals surface area contributed by atoms with Crippen LogP contribution >= 0.6 is 0 Å². The summed E-state index contributed by atoms with van der Waals surface area (Å²) in [6.45, 7) is 4.79. The van der Waals surface area contributed by atoms with Crippen molar-refractivity contribution in [1.82, 2.24) is 9.97 Å². The molecule has 110 valence electrons. The van der Waals surface area contributed by atoms with Crippen LogP contribution in [0.25, 0.3) is 0 Å². The zero-order chi connectivity index (χ0) is 13.8. The van der Waals surface area contributed by atoms with Crippen molar-refractivity contribution in [3.8, 4) is 0 Å². The first-order chi connectivity index (χ1) is 9.85. The molecule has 1 aliphatic heterocycles. The zero-order valence-corrected chi connectivity index (χ0v) is 12.4. The Balaban J connectivity index is 1.79. The Bertz CT molecular complexity index is 437. The van der Waals surface area contributed by atoms with Gasteiger partial charge in [0.25, 0.3) is 0 Å². The number of nitrogens with zero attached hydrogens (tertiary/aromatic N) is 2. The lowest BCUT2D eigenvalue weighted by Crippen LogP contribution is -2.12. The Kier molecular flexibility index (Phi) is 4.51. The van der Waals surface area contributed by atoms with E-state index >= 15 is 0 Å². The predicted octanol–water partition coefficient (Wildman–Crippen LogP) is 3.15. The first kappa shape index (κ1) is 13.8. The first-order valence-electron chi connectivity index (χ1n) is 8.04. The minimum atomic E-state index is 0.600. The molecule has 0 spiro atoms. The van der Waals surface area contributed by atoms with Crippen LogP contribution in [-0.2, 0) is 11.2 Å². The fourth-order valence-electron chi connectivity index (χ4n) is 3.31. The summed E-state index contributed by atoms with van der Waals surface area (Å²) in [7, 11) is 0. The highest BCUT2D eigenvalue weighted by Gasteiger charge is 2.22. The molecule has 1 aromatic heterocycles. The molecule has 1 atom stereocenters. The molecule has 2 aliphatic rings. The van der Waals surface area contributed by atoms with Crippen LogP contribution in [0.3, 0.4) is 0 Å². The highest BCUT2D eigenvalue weighted by Crippen LogP contribution is 2.34. The lowest BCUT2D eigenvalue weighted by atomic mass is 10.0. The predicted molar refractivity (Wildman–Crippen MR) is 80.0 cm³/mol. The number of ether oxygens (including phenoxy) is 1. The van der Waals surface area contributed by atoms with Gasteiger partial charge < -0.3 is 10.1 Å². The third-order valence-corrected chi connectivity index (χ3v) is 4.42. The summed E-state index contributed by atoms with van der Waals surface area (Å²) in [5.74, 6) is 3.25. The van der Waals surface area contributed by atoms with Crippen molar-refractivity contribution in [2.45, 2.75) is 51.4 Å². The number of anilines is 1. The number of hydrogen-bond donors (Lipinski definition) is 1. The maximum atomic E-state index is 5.47. The number of rotatable bonds is 5. The Morgan fingerprint density at radius 2 is 2.10 bits per heavy atom. The van der Waals surface area contributed by atoms with Crippen LogP contribution in [0.2, 0.25) is 0 Å². The Labute approximate surface area is 121 Å². The normalized spacial score (nSPS) is 23.4. The Morgan fingerprint density at radius 1 is 1.25 bits per heavy atom. The first-order valence-corrected chi connectivity index (χ1v) is 8.04. The molecule has 1 aliphatic carbocycles. The summed E-state index contributed by atoms with van der Waals surface area (Å²) in [5, 5.41) is 3.35. The lowest BCUT2D eigenvalue weighted by molar-refractivity contribution is 0.185. The molecule has 1 saturated heterocycles. The third-order valence-electron chi connectivity index (χ3n) is 4.42. The summed E-state index contributed by atoms with van der Waals surface area (Å²) >= 11 is 0. The summed E-state index contributed by atoms with van der Waals surface area (Å²) in [4.78, 5) is 9.53. The van der Waals surface area contributed by atoms with Gasteiger partial charge in [-0.2, -0.15) is 0 Å². The fraction of sp³-hybridized carbons (Fsp3) is 0.750. The van der Waals surface area contributed by atoms with Crippen molar-refractivity contribution < 1.29 is 4.74 Å². The quantitative estimate of drug-likeness (QED) is 0.896. The molecule has 1 aromatic rings. The van der Waals surface area contributed by atoms with Crippen molar-refractivity contribution in [2.75, 3.05) is 25.1 Å². The molecule has 1 unspecified atom stereocenters. The van der Waals surface area contributed by atoms with Gasteiger partial charge in [0.15, 0.2) is 0 Å². The van der Waals surface area contributed by atoms with E-state index in [0.29, 0.717) is 11.8 Å². The standard InChI is InChI=1S/C16H25N3O/c1-2-17-15-10-14(13-5-3-4-6-13)18-16(19-15)9-12-7-8-20-11-12/h10,12-13H,2-9,11H2,1H3,(H,17,18,19). The fourth-order valence-corrected chi connectivity index (χ4v) is 3.31. The van der Waals surface area contributed by atoms with Gasteiger partial charge in [-0.05, 0) is 32.1 Å². The van der Waals surface area contributed by atoms with E-state index in [9.17, 15) is 0 Å². The molecular formula is C16H25N3O. The molecular weight excluding hydrogens is 250 g/mol. The van der Waals surface area contributed by atoms with Crippen molar-refractivity contribution in [1.29, 1.82) is 0 Å². The smallest absolute Gasteiger partial charge is 0.131 e. The minimum absolute atomic E-state index is 0.600. The molecule has 4 nitrogen and oxygen atoms in total. The van der Waals surface area contributed by atoms with E-state index in [2.05, 4.69) is 23.3 Å². The SMILES string of the molecule is CCNc1cc(C2CCCC2)nc(CC2CCOC2)n1. The highest BCUT2D eigenvalue weighted by atomic mass is 16.5. The van der Waals surface area contributed by atoms with Crippen LogP contribution in [0.5, 0.6) is 0 Å². The van der Waals surface area contributed by atoms with E-state index in [1.165, 1.54) is 31.4 Å². The van der Waals surface area contributed by atoms with Crippen molar-refractivity contribution in [2.24, 2.45) is 5.92 Å². The third kappa shape index (κ3) is 3.29. The molecule has 0 radical (unpaired) electrons. The second-order valence-corrected chi connectivity index (χ2v) is 6.04. The Hall–Kier alpha value is -1.16. The van der Waals surface area contributed by atoms with E-state index in [1.54, 1.807) is 0 Å². The molecule has 0 bridgehead atoms. The molecule has 1 saturated carbocycles. The van der Waals surface area contributed by atoms with Crippen LogP contribution in [0.4, 0.5) is 5.82 Å².